The van der Waals surface area contributed by atoms with Crippen molar-refractivity contribution in [1.82, 2.24) is 0 Å². The zero-order valence-corrected chi connectivity index (χ0v) is 12.4. The van der Waals surface area contributed by atoms with E-state index in [9.17, 15) is 0 Å². The van der Waals surface area contributed by atoms with Gasteiger partial charge in [0.05, 0.1) is 13.2 Å². The minimum Gasteiger partial charge on any atom is -0.493 e. The Hall–Kier alpha value is -1.22. The van der Waals surface area contributed by atoms with E-state index in [0.717, 1.165) is 30.9 Å². The molecule has 0 aromatic heterocycles. The number of methoxy groups -OCH3 is 1. The van der Waals surface area contributed by atoms with E-state index in [0.29, 0.717) is 6.10 Å². The van der Waals surface area contributed by atoms with Gasteiger partial charge in [0, 0.05) is 12.0 Å². The van der Waals surface area contributed by atoms with Gasteiger partial charge in [-0.05, 0) is 56.2 Å². The molecule has 0 heterocycles. The molecule has 20 heavy (non-hydrogen) atoms. The fraction of sp³-hybridized carbons (Fsp3) is 0.647. The molecule has 2 aliphatic carbocycles. The normalized spacial score (nSPS) is 21.5. The smallest absolute Gasteiger partial charge is 0.161 e. The van der Waals surface area contributed by atoms with Gasteiger partial charge < -0.3 is 15.2 Å². The van der Waals surface area contributed by atoms with Gasteiger partial charge in [0.25, 0.3) is 0 Å². The van der Waals surface area contributed by atoms with Crippen LogP contribution in [0.1, 0.15) is 50.5 Å². The van der Waals surface area contributed by atoms with Gasteiger partial charge in [0.1, 0.15) is 0 Å². The minimum absolute atomic E-state index is 0.181. The predicted octanol–water partition coefficient (Wildman–Crippen LogP) is 3.40. The Kier molecular flexibility index (Phi) is 3.88. The van der Waals surface area contributed by atoms with E-state index in [1.54, 1.807) is 7.11 Å². The first-order valence-electron chi connectivity index (χ1n) is 7.83. The zero-order valence-electron chi connectivity index (χ0n) is 12.4. The molecule has 0 amide bonds. The highest BCUT2D eigenvalue weighted by atomic mass is 16.5. The monoisotopic (exact) mass is 275 g/mol. The zero-order chi connectivity index (χ0) is 14.0. The molecule has 0 radical (unpaired) electrons. The first kappa shape index (κ1) is 13.7. The first-order chi connectivity index (χ1) is 9.77. The quantitative estimate of drug-likeness (QED) is 0.895. The topological polar surface area (TPSA) is 44.5 Å². The van der Waals surface area contributed by atoms with E-state index in [1.165, 1.54) is 37.7 Å². The van der Waals surface area contributed by atoms with E-state index in [1.807, 2.05) is 6.07 Å². The lowest BCUT2D eigenvalue weighted by Crippen LogP contribution is -2.41. The Morgan fingerprint density at radius 1 is 1.15 bits per heavy atom. The molecule has 1 aromatic rings. The third-order valence-corrected chi connectivity index (χ3v) is 5.07. The van der Waals surface area contributed by atoms with Crippen molar-refractivity contribution >= 4 is 0 Å². The van der Waals surface area contributed by atoms with Crippen LogP contribution in [0.25, 0.3) is 0 Å². The van der Waals surface area contributed by atoms with Crippen molar-refractivity contribution in [3.05, 3.63) is 23.8 Å². The average Bonchev–Trinajstić information content (AvgIpc) is 2.91. The molecule has 0 bridgehead atoms. The maximum atomic E-state index is 6.18. The maximum absolute atomic E-state index is 6.18. The molecule has 0 unspecified atom stereocenters. The summed E-state index contributed by atoms with van der Waals surface area (Å²) in [5.41, 5.74) is 7.51. The van der Waals surface area contributed by atoms with Crippen molar-refractivity contribution in [1.29, 1.82) is 0 Å². The van der Waals surface area contributed by atoms with Gasteiger partial charge in [-0.15, -0.1) is 0 Å². The maximum Gasteiger partial charge on any atom is 0.161 e. The van der Waals surface area contributed by atoms with Gasteiger partial charge in [-0.3, -0.25) is 0 Å². The SMILES string of the molecule is COc1ccc(C2(CN)CCC2)cc1OC1CCCC1. The lowest BCUT2D eigenvalue weighted by atomic mass is 9.64. The van der Waals surface area contributed by atoms with Crippen LogP contribution in [0.2, 0.25) is 0 Å². The van der Waals surface area contributed by atoms with Crippen molar-refractivity contribution in [3.63, 3.8) is 0 Å². The Morgan fingerprint density at radius 2 is 1.90 bits per heavy atom. The van der Waals surface area contributed by atoms with Gasteiger partial charge in [0.15, 0.2) is 11.5 Å². The second kappa shape index (κ2) is 5.65. The van der Waals surface area contributed by atoms with Crippen LogP contribution in [0.3, 0.4) is 0 Å². The highest BCUT2D eigenvalue weighted by Gasteiger charge is 2.37. The summed E-state index contributed by atoms with van der Waals surface area (Å²) in [6.07, 6.45) is 8.90. The standard InChI is InChI=1S/C17H25NO2/c1-19-15-8-7-13(17(12-18)9-4-10-17)11-16(15)20-14-5-2-3-6-14/h7-8,11,14H,2-6,9-10,12,18H2,1H3. The second-order valence-corrected chi connectivity index (χ2v) is 6.23. The lowest BCUT2D eigenvalue weighted by Gasteiger charge is -2.41. The molecular weight excluding hydrogens is 250 g/mol. The molecule has 0 spiro atoms. The van der Waals surface area contributed by atoms with Crippen LogP contribution in [-0.4, -0.2) is 19.8 Å². The molecule has 3 heteroatoms. The fourth-order valence-corrected chi connectivity index (χ4v) is 3.50. The Labute approximate surface area is 121 Å². The van der Waals surface area contributed by atoms with E-state index in [2.05, 4.69) is 12.1 Å². The summed E-state index contributed by atoms with van der Waals surface area (Å²) >= 11 is 0. The molecule has 1 aromatic carbocycles. The van der Waals surface area contributed by atoms with Crippen LogP contribution in [0.15, 0.2) is 18.2 Å². The Morgan fingerprint density at radius 3 is 2.45 bits per heavy atom. The van der Waals surface area contributed by atoms with Crippen LogP contribution in [-0.2, 0) is 5.41 Å². The molecular formula is C17H25NO2. The van der Waals surface area contributed by atoms with Crippen LogP contribution < -0.4 is 15.2 Å². The van der Waals surface area contributed by atoms with E-state index >= 15 is 0 Å². The third-order valence-electron chi connectivity index (χ3n) is 5.07. The van der Waals surface area contributed by atoms with Crippen LogP contribution in [0.5, 0.6) is 11.5 Å². The largest absolute Gasteiger partial charge is 0.493 e. The Bertz CT molecular complexity index is 457. The molecule has 0 atom stereocenters. The molecule has 110 valence electrons. The highest BCUT2D eigenvalue weighted by Crippen LogP contribution is 2.45. The van der Waals surface area contributed by atoms with Gasteiger partial charge in [0.2, 0.25) is 0 Å². The number of benzene rings is 1. The summed E-state index contributed by atoms with van der Waals surface area (Å²) in [4.78, 5) is 0. The van der Waals surface area contributed by atoms with Crippen LogP contribution in [0.4, 0.5) is 0 Å². The molecule has 2 fully saturated rings. The Balaban J connectivity index is 1.86. The van der Waals surface area contributed by atoms with Crippen LogP contribution in [0, 0.1) is 0 Å². The van der Waals surface area contributed by atoms with Crippen molar-refractivity contribution in [2.24, 2.45) is 5.73 Å². The van der Waals surface area contributed by atoms with Crippen molar-refractivity contribution in [2.75, 3.05) is 13.7 Å². The number of hydrogen-bond donors (Lipinski definition) is 1. The molecule has 2 aliphatic rings. The van der Waals surface area contributed by atoms with Crippen molar-refractivity contribution in [2.45, 2.75) is 56.5 Å². The molecule has 2 saturated carbocycles. The van der Waals surface area contributed by atoms with Crippen molar-refractivity contribution in [3.8, 4) is 11.5 Å². The number of hydrogen-bond acceptors (Lipinski definition) is 3. The summed E-state index contributed by atoms with van der Waals surface area (Å²) in [7, 11) is 1.71. The summed E-state index contributed by atoms with van der Waals surface area (Å²) in [5.74, 6) is 1.74. The predicted molar refractivity (Wildman–Crippen MR) is 80.5 cm³/mol. The molecule has 0 aliphatic heterocycles. The fourth-order valence-electron chi connectivity index (χ4n) is 3.50. The number of rotatable bonds is 5. The molecule has 2 N–H and O–H groups in total. The van der Waals surface area contributed by atoms with Gasteiger partial charge >= 0.3 is 0 Å². The average molecular weight is 275 g/mol. The van der Waals surface area contributed by atoms with Gasteiger partial charge in [-0.1, -0.05) is 12.5 Å². The number of ether oxygens (including phenoxy) is 2. The second-order valence-electron chi connectivity index (χ2n) is 6.23. The third kappa shape index (κ3) is 2.39. The summed E-state index contributed by atoms with van der Waals surface area (Å²) in [5, 5.41) is 0. The molecule has 3 nitrogen and oxygen atoms in total. The minimum atomic E-state index is 0.181. The lowest BCUT2D eigenvalue weighted by molar-refractivity contribution is 0.198. The molecule has 3 rings (SSSR count). The molecule has 0 saturated heterocycles. The summed E-state index contributed by atoms with van der Waals surface area (Å²) in [6.45, 7) is 0.724. The summed E-state index contributed by atoms with van der Waals surface area (Å²) in [6, 6.07) is 6.37. The van der Waals surface area contributed by atoms with Gasteiger partial charge in [-0.25, -0.2) is 0 Å². The van der Waals surface area contributed by atoms with E-state index in [-0.39, 0.29) is 5.41 Å². The highest BCUT2D eigenvalue weighted by molar-refractivity contribution is 5.46. The van der Waals surface area contributed by atoms with E-state index < -0.39 is 0 Å². The first-order valence-corrected chi connectivity index (χ1v) is 7.83. The summed E-state index contributed by atoms with van der Waals surface area (Å²) < 4.78 is 11.6. The number of nitrogens with two attached hydrogens (primary N) is 1. The van der Waals surface area contributed by atoms with Gasteiger partial charge in [-0.2, -0.15) is 0 Å². The van der Waals surface area contributed by atoms with E-state index in [4.69, 9.17) is 15.2 Å². The van der Waals surface area contributed by atoms with Crippen molar-refractivity contribution < 1.29 is 9.47 Å². The van der Waals surface area contributed by atoms with Crippen LogP contribution >= 0.6 is 0 Å².